The summed E-state index contributed by atoms with van der Waals surface area (Å²) in [4.78, 5) is 59.1. The number of ether oxygens (including phenoxy) is 2. The Morgan fingerprint density at radius 3 is 2.57 bits per heavy atom. The molecule has 238 valence electrons. The van der Waals surface area contributed by atoms with E-state index in [0.717, 1.165) is 18.4 Å². The van der Waals surface area contributed by atoms with Crippen molar-refractivity contribution in [3.63, 3.8) is 0 Å². The Hall–Kier alpha value is -3.50. The molecule has 0 aliphatic carbocycles. The first-order valence-corrected chi connectivity index (χ1v) is 16.0. The number of aliphatic hydroxyl groups excluding tert-OH is 1. The zero-order valence-corrected chi connectivity index (χ0v) is 25.9. The fourth-order valence-corrected chi connectivity index (χ4v) is 7.12. The molecule has 0 radical (unpaired) electrons. The van der Waals surface area contributed by atoms with E-state index < -0.39 is 47.6 Å². The van der Waals surface area contributed by atoms with Gasteiger partial charge in [-0.25, -0.2) is 0 Å². The van der Waals surface area contributed by atoms with Crippen LogP contribution < -0.4 is 5.32 Å². The van der Waals surface area contributed by atoms with Crippen LogP contribution in [0.25, 0.3) is 0 Å². The maximum absolute atomic E-state index is 14.6. The number of nitrogens with one attached hydrogen (secondary N) is 1. The van der Waals surface area contributed by atoms with Gasteiger partial charge in [-0.3, -0.25) is 19.2 Å². The molecule has 0 saturated carbocycles. The Morgan fingerprint density at radius 1 is 1.09 bits per heavy atom. The first-order valence-electron chi connectivity index (χ1n) is 16.0. The number of cyclic esters (lactones) is 1. The Kier molecular flexibility index (Phi) is 9.90. The fraction of sp³-hybridized carbons (Fsp3) is 0.588. The summed E-state index contributed by atoms with van der Waals surface area (Å²) < 4.78 is 12.1. The molecule has 5 rings (SSSR count). The summed E-state index contributed by atoms with van der Waals surface area (Å²) in [7, 11) is 0. The lowest BCUT2D eigenvalue weighted by Gasteiger charge is -2.40. The van der Waals surface area contributed by atoms with Gasteiger partial charge in [-0.05, 0) is 24.3 Å². The largest absolute Gasteiger partial charge is 0.463 e. The second kappa shape index (κ2) is 13.6. The van der Waals surface area contributed by atoms with E-state index in [2.05, 4.69) is 5.32 Å². The highest BCUT2D eigenvalue weighted by Gasteiger charge is 2.74. The molecular weight excluding hydrogens is 562 g/mol. The van der Waals surface area contributed by atoms with E-state index in [0.29, 0.717) is 25.9 Å². The highest BCUT2D eigenvalue weighted by molar-refractivity contribution is 6.00. The van der Waals surface area contributed by atoms with E-state index in [1.54, 1.807) is 17.1 Å². The lowest BCUT2D eigenvalue weighted by atomic mass is 9.74. The van der Waals surface area contributed by atoms with Crippen molar-refractivity contribution in [3.8, 4) is 0 Å². The van der Waals surface area contributed by atoms with Gasteiger partial charge in [0.15, 0.2) is 0 Å². The van der Waals surface area contributed by atoms with Gasteiger partial charge in [-0.2, -0.15) is 0 Å². The first-order chi connectivity index (χ1) is 21.3. The number of fused-ring (bicyclic) bond motifs is 2. The van der Waals surface area contributed by atoms with E-state index in [-0.39, 0.29) is 43.3 Å². The molecule has 44 heavy (non-hydrogen) atoms. The van der Waals surface area contributed by atoms with Gasteiger partial charge in [0.25, 0.3) is 0 Å². The third-order valence-electron chi connectivity index (χ3n) is 9.72. The van der Waals surface area contributed by atoms with E-state index in [1.165, 1.54) is 4.90 Å². The average Bonchev–Trinajstić information content (AvgIpc) is 3.68. The highest BCUT2D eigenvalue weighted by atomic mass is 16.5. The molecule has 2 fully saturated rings. The molecule has 0 unspecified atom stereocenters. The molecule has 0 aromatic heterocycles. The van der Waals surface area contributed by atoms with Crippen LogP contribution in [0.15, 0.2) is 54.6 Å². The number of benzene rings is 1. The van der Waals surface area contributed by atoms with Crippen LogP contribution in [0.2, 0.25) is 0 Å². The number of hydrogen-bond acceptors (Lipinski definition) is 7. The zero-order chi connectivity index (χ0) is 31.4. The summed E-state index contributed by atoms with van der Waals surface area (Å²) in [6.07, 6.45) is 9.57. The summed E-state index contributed by atoms with van der Waals surface area (Å²) in [5.41, 5.74) is -0.574. The quantitative estimate of drug-likeness (QED) is 0.344. The van der Waals surface area contributed by atoms with Gasteiger partial charge >= 0.3 is 5.97 Å². The van der Waals surface area contributed by atoms with Crippen molar-refractivity contribution in [1.29, 1.82) is 0 Å². The highest BCUT2D eigenvalue weighted by Crippen LogP contribution is 2.56. The number of carbonyl (C=O) groups excluding carboxylic acids is 4. The summed E-state index contributed by atoms with van der Waals surface area (Å²) in [5.74, 6) is -3.35. The second-order valence-corrected chi connectivity index (χ2v) is 12.4. The molecule has 1 aromatic rings. The van der Waals surface area contributed by atoms with Crippen LogP contribution >= 0.6 is 0 Å². The van der Waals surface area contributed by atoms with Crippen LogP contribution in [0, 0.1) is 17.8 Å². The minimum absolute atomic E-state index is 0.0607. The third-order valence-corrected chi connectivity index (χ3v) is 9.72. The topological polar surface area (TPSA) is 125 Å². The number of aliphatic hydroxyl groups is 1. The number of unbranched alkanes of at least 4 members (excludes halogenated alkanes) is 1. The number of esters is 1. The molecule has 1 aromatic carbocycles. The Bertz CT molecular complexity index is 1280. The van der Waals surface area contributed by atoms with Crippen LogP contribution in [0.4, 0.5) is 0 Å². The van der Waals surface area contributed by atoms with Crippen LogP contribution in [0.5, 0.6) is 0 Å². The molecule has 2 N–H and O–H groups in total. The van der Waals surface area contributed by atoms with Crippen LogP contribution in [0.3, 0.4) is 0 Å². The molecule has 10 heteroatoms. The molecule has 1 spiro atoms. The van der Waals surface area contributed by atoms with E-state index >= 15 is 0 Å². The predicted octanol–water partition coefficient (Wildman–Crippen LogP) is 2.92. The Balaban J connectivity index is 1.59. The number of nitrogens with zero attached hydrogens (tertiary/aromatic N) is 2. The summed E-state index contributed by atoms with van der Waals surface area (Å²) >= 11 is 0. The standard InChI is InChI=1S/C34H45N3O7/c1-4-6-18-36-19-12-8-11-15-27(39)43-21-24(23-13-9-7-10-14-23)35-31(40)28-26-16-17-34(44-26)29(28)32(41)37(30(34)33(36)42)25(20-38)22(3)5-2/h7-10,12-14,16-17,22,24-26,28-30,38H,4-6,11,15,18-21H2,1-3H3,(H,35,40)/b12-8-/t22-,24+,25-,26+,28-,29-,30+,34-/m0/s1. The van der Waals surface area contributed by atoms with E-state index in [4.69, 9.17) is 9.47 Å². The van der Waals surface area contributed by atoms with Crippen molar-refractivity contribution >= 4 is 23.7 Å². The number of allylic oxidation sites excluding steroid dienone is 1. The lowest BCUT2D eigenvalue weighted by molar-refractivity contribution is -0.151. The normalized spacial score (nSPS) is 32.8. The maximum Gasteiger partial charge on any atom is 0.306 e. The van der Waals surface area contributed by atoms with Gasteiger partial charge in [0.05, 0.1) is 36.6 Å². The van der Waals surface area contributed by atoms with Crippen LogP contribution in [0.1, 0.15) is 64.5 Å². The smallest absolute Gasteiger partial charge is 0.306 e. The Labute approximate surface area is 259 Å². The molecule has 10 nitrogen and oxygen atoms in total. The van der Waals surface area contributed by atoms with E-state index in [9.17, 15) is 24.3 Å². The van der Waals surface area contributed by atoms with Crippen molar-refractivity contribution < 1.29 is 33.8 Å². The minimum atomic E-state index is -1.33. The number of amides is 3. The number of likely N-dealkylation sites (tertiary alicyclic amines) is 1. The summed E-state index contributed by atoms with van der Waals surface area (Å²) in [6.45, 7) is 6.40. The van der Waals surface area contributed by atoms with Gasteiger partial charge in [-0.15, -0.1) is 0 Å². The van der Waals surface area contributed by atoms with Gasteiger partial charge in [0.1, 0.15) is 18.2 Å². The Morgan fingerprint density at radius 2 is 1.86 bits per heavy atom. The van der Waals surface area contributed by atoms with Crippen LogP contribution in [-0.2, 0) is 28.7 Å². The monoisotopic (exact) mass is 607 g/mol. The fourth-order valence-electron chi connectivity index (χ4n) is 7.12. The molecule has 4 aliphatic heterocycles. The SMILES string of the molecule is CCCCN1C/C=C\CCC(=O)OC[C@H](c2ccccc2)NC(=O)[C@@H]2[C@H]3C(=O)N([C@@H](CO)[C@@H](C)CC)[C@H](C1=O)[C@]31C=C[C@H]2O1. The summed E-state index contributed by atoms with van der Waals surface area (Å²) in [6, 6.07) is 6.97. The van der Waals surface area contributed by atoms with Crippen molar-refractivity contribution in [3.05, 3.63) is 60.2 Å². The maximum atomic E-state index is 14.6. The minimum Gasteiger partial charge on any atom is -0.463 e. The molecule has 4 aliphatic rings. The van der Waals surface area contributed by atoms with Gasteiger partial charge in [0, 0.05) is 19.5 Å². The van der Waals surface area contributed by atoms with Crippen molar-refractivity contribution in [2.45, 2.75) is 82.7 Å². The predicted molar refractivity (Wildman–Crippen MR) is 163 cm³/mol. The molecular formula is C34H45N3O7. The van der Waals surface area contributed by atoms with Gasteiger partial charge < -0.3 is 29.7 Å². The molecule has 2 saturated heterocycles. The average molecular weight is 608 g/mol. The molecule has 3 amide bonds. The number of rotatable bonds is 8. The number of carbonyl (C=O) groups is 4. The first kappa shape index (κ1) is 31.9. The second-order valence-electron chi connectivity index (χ2n) is 12.4. The lowest BCUT2D eigenvalue weighted by Crippen LogP contribution is -2.59. The molecule has 5 bridgehead atoms. The van der Waals surface area contributed by atoms with Crippen molar-refractivity contribution in [2.75, 3.05) is 26.3 Å². The van der Waals surface area contributed by atoms with Crippen molar-refractivity contribution in [2.24, 2.45) is 17.8 Å². The van der Waals surface area contributed by atoms with Gasteiger partial charge in [0.2, 0.25) is 17.7 Å². The molecule has 4 heterocycles. The number of hydrogen-bond donors (Lipinski definition) is 2. The third kappa shape index (κ3) is 5.81. The van der Waals surface area contributed by atoms with Gasteiger partial charge in [-0.1, -0.05) is 88.2 Å². The van der Waals surface area contributed by atoms with Crippen molar-refractivity contribution in [1.82, 2.24) is 15.1 Å². The summed E-state index contributed by atoms with van der Waals surface area (Å²) in [5, 5.41) is 13.6. The molecule has 8 atom stereocenters. The van der Waals surface area contributed by atoms with E-state index in [1.807, 2.05) is 63.3 Å². The zero-order valence-electron chi connectivity index (χ0n) is 25.9. The van der Waals surface area contributed by atoms with Crippen LogP contribution in [-0.4, -0.2) is 88.7 Å².